The normalized spacial score (nSPS) is 53.3. The molecule has 0 aromatic heterocycles. The van der Waals surface area contributed by atoms with Crippen LogP contribution in [0.15, 0.2) is 12.7 Å². The lowest BCUT2D eigenvalue weighted by Gasteiger charge is -2.62. The van der Waals surface area contributed by atoms with E-state index < -0.39 is 11.5 Å². The van der Waals surface area contributed by atoms with Crippen molar-refractivity contribution in [1.29, 1.82) is 0 Å². The molecule has 130 valence electrons. The zero-order valence-electron chi connectivity index (χ0n) is 14.8. The number of Topliss-reactive ketones (excluding diaryl/α,β-unsaturated/α-hetero) is 1. The molecule has 0 heterocycles. The number of carbonyl (C=O) groups excluding carboxylic acids is 1. The highest BCUT2D eigenvalue weighted by atomic mass is 16.3. The van der Waals surface area contributed by atoms with Gasteiger partial charge in [0.2, 0.25) is 0 Å². The van der Waals surface area contributed by atoms with Gasteiger partial charge in [0, 0.05) is 11.8 Å². The van der Waals surface area contributed by atoms with Gasteiger partial charge in [-0.15, -0.1) is 6.58 Å². The molecule has 3 heteroatoms. The monoisotopic (exact) mass is 320 g/mol. The van der Waals surface area contributed by atoms with Crippen LogP contribution in [0.5, 0.6) is 0 Å². The maximum Gasteiger partial charge on any atom is 0.162 e. The lowest BCUT2D eigenvalue weighted by molar-refractivity contribution is -0.188. The molecule has 0 radical (unpaired) electrons. The van der Waals surface area contributed by atoms with Crippen LogP contribution in [0, 0.1) is 34.0 Å². The van der Waals surface area contributed by atoms with Crippen LogP contribution < -0.4 is 0 Å². The van der Waals surface area contributed by atoms with Gasteiger partial charge in [-0.2, -0.15) is 0 Å². The Morgan fingerprint density at radius 3 is 2.57 bits per heavy atom. The quantitative estimate of drug-likeness (QED) is 0.767. The van der Waals surface area contributed by atoms with Gasteiger partial charge in [0.05, 0.1) is 6.61 Å². The van der Waals surface area contributed by atoms with E-state index in [4.69, 9.17) is 0 Å². The molecule has 3 fully saturated rings. The predicted molar refractivity (Wildman–Crippen MR) is 90.8 cm³/mol. The molecule has 3 rings (SSSR count). The fourth-order valence-electron chi connectivity index (χ4n) is 6.45. The number of allylic oxidation sites excluding steroid dienone is 1. The molecule has 0 aromatic rings. The molecule has 0 aliphatic heterocycles. The minimum absolute atomic E-state index is 0.0713. The Kier molecular flexibility index (Phi) is 4.04. The molecule has 0 aromatic carbocycles. The summed E-state index contributed by atoms with van der Waals surface area (Å²) in [4.78, 5) is 12.5. The predicted octanol–water partition coefficient (Wildman–Crippen LogP) is 3.34. The van der Waals surface area contributed by atoms with Gasteiger partial charge in [-0.25, -0.2) is 0 Å². The Morgan fingerprint density at radius 2 is 1.96 bits per heavy atom. The summed E-state index contributed by atoms with van der Waals surface area (Å²) in [6.45, 7) is 10.4. The summed E-state index contributed by atoms with van der Waals surface area (Å²) >= 11 is 0. The highest BCUT2D eigenvalue weighted by Gasteiger charge is 2.62. The van der Waals surface area contributed by atoms with Crippen LogP contribution in [-0.2, 0) is 4.79 Å². The topological polar surface area (TPSA) is 57.5 Å². The largest absolute Gasteiger partial charge is 0.396 e. The number of aliphatic hydroxyl groups is 2. The number of carbonyl (C=O) groups is 1. The highest BCUT2D eigenvalue weighted by molar-refractivity contribution is 5.85. The van der Waals surface area contributed by atoms with Crippen molar-refractivity contribution in [1.82, 2.24) is 0 Å². The number of ketones is 1. The van der Waals surface area contributed by atoms with Crippen LogP contribution in [0.1, 0.15) is 59.3 Å². The lowest BCUT2D eigenvalue weighted by Crippen LogP contribution is -2.62. The first-order valence-electron chi connectivity index (χ1n) is 9.15. The van der Waals surface area contributed by atoms with Crippen molar-refractivity contribution in [2.75, 3.05) is 6.61 Å². The fourth-order valence-corrected chi connectivity index (χ4v) is 6.45. The van der Waals surface area contributed by atoms with Crippen molar-refractivity contribution >= 4 is 5.78 Å². The van der Waals surface area contributed by atoms with E-state index in [-0.39, 0.29) is 29.1 Å². The molecular weight excluding hydrogens is 288 g/mol. The van der Waals surface area contributed by atoms with Crippen LogP contribution in [-0.4, -0.2) is 28.7 Å². The second-order valence-electron chi connectivity index (χ2n) is 9.31. The minimum atomic E-state index is -1.01. The molecule has 0 spiro atoms. The summed E-state index contributed by atoms with van der Waals surface area (Å²) < 4.78 is 0. The summed E-state index contributed by atoms with van der Waals surface area (Å²) in [7, 11) is 0. The molecular formula is C20H32O3. The van der Waals surface area contributed by atoms with E-state index in [1.807, 2.05) is 6.92 Å². The first kappa shape index (κ1) is 17.2. The highest BCUT2D eigenvalue weighted by Crippen LogP contribution is 2.64. The van der Waals surface area contributed by atoms with Gasteiger partial charge in [0.15, 0.2) is 5.78 Å². The lowest BCUT2D eigenvalue weighted by atomic mass is 9.42. The number of fused-ring (bicyclic) bond motifs is 3. The van der Waals surface area contributed by atoms with Crippen LogP contribution in [0.4, 0.5) is 0 Å². The Labute approximate surface area is 140 Å². The smallest absolute Gasteiger partial charge is 0.162 e. The molecule has 3 nitrogen and oxygen atoms in total. The number of rotatable bonds is 2. The molecule has 3 aliphatic carbocycles. The molecule has 0 amide bonds. The SMILES string of the molecule is C=C[C@]1(C)CC[C@H]2[C@@H](CC[C@@H]3[C@](C)(CO)[C@@H](O)C(=O)C[C@@]32C)C1. The van der Waals surface area contributed by atoms with Crippen molar-refractivity contribution in [2.45, 2.75) is 65.4 Å². The van der Waals surface area contributed by atoms with Gasteiger partial charge in [0.1, 0.15) is 6.10 Å². The summed E-state index contributed by atoms with van der Waals surface area (Å²) in [6, 6.07) is 0. The van der Waals surface area contributed by atoms with Gasteiger partial charge >= 0.3 is 0 Å². The summed E-state index contributed by atoms with van der Waals surface area (Å²) in [6.07, 6.45) is 7.15. The van der Waals surface area contributed by atoms with E-state index in [1.165, 1.54) is 0 Å². The molecule has 3 saturated carbocycles. The Hall–Kier alpha value is -0.670. The van der Waals surface area contributed by atoms with E-state index in [0.717, 1.165) is 32.1 Å². The molecule has 23 heavy (non-hydrogen) atoms. The molecule has 3 aliphatic rings. The summed E-state index contributed by atoms with van der Waals surface area (Å²) in [5.74, 6) is 1.32. The van der Waals surface area contributed by atoms with E-state index >= 15 is 0 Å². The van der Waals surface area contributed by atoms with Gasteiger partial charge in [0.25, 0.3) is 0 Å². The Balaban J connectivity index is 1.95. The third-order valence-corrected chi connectivity index (χ3v) is 7.91. The Morgan fingerprint density at radius 1 is 1.26 bits per heavy atom. The molecule has 0 saturated heterocycles. The Bertz CT molecular complexity index is 515. The van der Waals surface area contributed by atoms with Crippen LogP contribution >= 0.6 is 0 Å². The van der Waals surface area contributed by atoms with E-state index in [2.05, 4.69) is 26.5 Å². The second kappa shape index (κ2) is 5.42. The standard InChI is InChI=1S/C20H32O3/c1-5-18(2)9-8-14-13(10-18)6-7-16-19(14,3)11-15(22)17(23)20(16,4)12-21/h5,13-14,16-17,21,23H,1,6-12H2,2-4H3/t13-,14-,16-,17-,18+,19+,20-/m0/s1. The van der Waals surface area contributed by atoms with E-state index in [1.54, 1.807) is 0 Å². The van der Waals surface area contributed by atoms with Crippen molar-refractivity contribution < 1.29 is 15.0 Å². The van der Waals surface area contributed by atoms with Gasteiger partial charge < -0.3 is 10.2 Å². The average Bonchev–Trinajstić information content (AvgIpc) is 2.52. The number of hydrogen-bond acceptors (Lipinski definition) is 3. The van der Waals surface area contributed by atoms with Crippen LogP contribution in [0.25, 0.3) is 0 Å². The van der Waals surface area contributed by atoms with E-state index in [9.17, 15) is 15.0 Å². The first-order chi connectivity index (χ1) is 10.7. The maximum atomic E-state index is 12.5. The van der Waals surface area contributed by atoms with Gasteiger partial charge in [-0.1, -0.05) is 26.8 Å². The fraction of sp³-hybridized carbons (Fsp3) is 0.850. The van der Waals surface area contributed by atoms with Crippen LogP contribution in [0.3, 0.4) is 0 Å². The third-order valence-electron chi connectivity index (χ3n) is 7.91. The summed E-state index contributed by atoms with van der Waals surface area (Å²) in [5, 5.41) is 20.4. The number of hydrogen-bond donors (Lipinski definition) is 2. The zero-order chi connectivity index (χ0) is 17.0. The zero-order valence-corrected chi connectivity index (χ0v) is 14.8. The van der Waals surface area contributed by atoms with Crippen molar-refractivity contribution in [2.24, 2.45) is 34.0 Å². The van der Waals surface area contributed by atoms with Crippen molar-refractivity contribution in [3.8, 4) is 0 Å². The van der Waals surface area contributed by atoms with Gasteiger partial charge in [-0.05, 0) is 60.7 Å². The maximum absolute atomic E-state index is 12.5. The molecule has 0 bridgehead atoms. The number of aliphatic hydroxyl groups excluding tert-OH is 2. The molecule has 7 atom stereocenters. The van der Waals surface area contributed by atoms with Crippen molar-refractivity contribution in [3.63, 3.8) is 0 Å². The van der Waals surface area contributed by atoms with E-state index in [0.29, 0.717) is 18.3 Å². The van der Waals surface area contributed by atoms with Crippen LogP contribution in [0.2, 0.25) is 0 Å². The first-order valence-corrected chi connectivity index (χ1v) is 9.15. The van der Waals surface area contributed by atoms with Gasteiger partial charge in [-0.3, -0.25) is 4.79 Å². The second-order valence-corrected chi connectivity index (χ2v) is 9.31. The molecule has 0 unspecified atom stereocenters. The average molecular weight is 320 g/mol. The minimum Gasteiger partial charge on any atom is -0.396 e. The molecule has 2 N–H and O–H groups in total. The van der Waals surface area contributed by atoms with Crippen molar-refractivity contribution in [3.05, 3.63) is 12.7 Å². The third kappa shape index (κ3) is 2.34. The summed E-state index contributed by atoms with van der Waals surface area (Å²) in [5.41, 5.74) is -0.545.